The van der Waals surface area contributed by atoms with Gasteiger partial charge in [-0.15, -0.1) is 0 Å². The SMILES string of the molecule is CNC(=S)c1cnn2ccccc12. The van der Waals surface area contributed by atoms with E-state index in [0.717, 1.165) is 16.1 Å². The molecule has 0 saturated heterocycles. The second-order valence-corrected chi connectivity index (χ2v) is 3.08. The minimum Gasteiger partial charge on any atom is -0.379 e. The number of rotatable bonds is 1. The van der Waals surface area contributed by atoms with E-state index in [9.17, 15) is 0 Å². The van der Waals surface area contributed by atoms with E-state index in [4.69, 9.17) is 12.2 Å². The summed E-state index contributed by atoms with van der Waals surface area (Å²) in [5, 5.41) is 7.11. The van der Waals surface area contributed by atoms with Gasteiger partial charge in [-0.1, -0.05) is 18.3 Å². The van der Waals surface area contributed by atoms with E-state index in [2.05, 4.69) is 10.4 Å². The van der Waals surface area contributed by atoms with Crippen LogP contribution in [0.3, 0.4) is 0 Å². The van der Waals surface area contributed by atoms with Crippen LogP contribution in [0.5, 0.6) is 0 Å². The van der Waals surface area contributed by atoms with Crippen molar-refractivity contribution in [3.63, 3.8) is 0 Å². The summed E-state index contributed by atoms with van der Waals surface area (Å²) < 4.78 is 1.80. The fourth-order valence-corrected chi connectivity index (χ4v) is 1.40. The van der Waals surface area contributed by atoms with Gasteiger partial charge in [-0.3, -0.25) is 0 Å². The number of nitrogens with zero attached hydrogens (tertiary/aromatic N) is 2. The van der Waals surface area contributed by atoms with Crippen molar-refractivity contribution in [1.29, 1.82) is 0 Å². The van der Waals surface area contributed by atoms with Crippen molar-refractivity contribution in [2.75, 3.05) is 7.05 Å². The molecule has 2 heterocycles. The first-order chi connectivity index (χ1) is 6.33. The largest absolute Gasteiger partial charge is 0.379 e. The number of fused-ring (bicyclic) bond motifs is 1. The van der Waals surface area contributed by atoms with Crippen molar-refractivity contribution in [3.05, 3.63) is 36.2 Å². The quantitative estimate of drug-likeness (QED) is 0.687. The summed E-state index contributed by atoms with van der Waals surface area (Å²) in [4.78, 5) is 0.723. The van der Waals surface area contributed by atoms with Gasteiger partial charge in [0, 0.05) is 13.2 Å². The predicted molar refractivity (Wildman–Crippen MR) is 56.0 cm³/mol. The first-order valence-corrected chi connectivity index (χ1v) is 4.38. The van der Waals surface area contributed by atoms with Crippen LogP contribution in [0.15, 0.2) is 30.6 Å². The van der Waals surface area contributed by atoms with Gasteiger partial charge in [0.15, 0.2) is 0 Å². The van der Waals surface area contributed by atoms with Crippen LogP contribution in [0.1, 0.15) is 5.56 Å². The van der Waals surface area contributed by atoms with Gasteiger partial charge < -0.3 is 5.32 Å². The average molecular weight is 191 g/mol. The molecule has 2 rings (SSSR count). The fraction of sp³-hybridized carbons (Fsp3) is 0.111. The lowest BCUT2D eigenvalue weighted by molar-refractivity contribution is 0.961. The highest BCUT2D eigenvalue weighted by Gasteiger charge is 2.05. The second kappa shape index (κ2) is 3.14. The zero-order valence-electron chi connectivity index (χ0n) is 7.19. The van der Waals surface area contributed by atoms with E-state index in [1.54, 1.807) is 10.7 Å². The van der Waals surface area contributed by atoms with Crippen LogP contribution in [0.4, 0.5) is 0 Å². The van der Waals surface area contributed by atoms with Gasteiger partial charge in [0.05, 0.1) is 17.3 Å². The summed E-state index contributed by atoms with van der Waals surface area (Å²) in [6, 6.07) is 5.90. The molecule has 13 heavy (non-hydrogen) atoms. The van der Waals surface area contributed by atoms with Crippen LogP contribution in [0, 0.1) is 0 Å². The Morgan fingerprint density at radius 3 is 3.15 bits per heavy atom. The van der Waals surface area contributed by atoms with E-state index in [-0.39, 0.29) is 0 Å². The zero-order chi connectivity index (χ0) is 9.26. The maximum Gasteiger partial charge on any atom is 0.110 e. The van der Waals surface area contributed by atoms with Gasteiger partial charge >= 0.3 is 0 Å². The Morgan fingerprint density at radius 1 is 1.54 bits per heavy atom. The van der Waals surface area contributed by atoms with Crippen molar-refractivity contribution in [3.8, 4) is 0 Å². The number of hydrogen-bond donors (Lipinski definition) is 1. The Kier molecular flexibility index (Phi) is 1.98. The van der Waals surface area contributed by atoms with E-state index in [1.165, 1.54) is 0 Å². The molecule has 1 N–H and O–H groups in total. The van der Waals surface area contributed by atoms with Crippen LogP contribution in [0.25, 0.3) is 5.52 Å². The minimum atomic E-state index is 0.723. The highest BCUT2D eigenvalue weighted by Crippen LogP contribution is 2.09. The summed E-state index contributed by atoms with van der Waals surface area (Å²) in [7, 11) is 1.81. The summed E-state index contributed by atoms with van der Waals surface area (Å²) in [6.45, 7) is 0. The van der Waals surface area contributed by atoms with Crippen molar-refractivity contribution < 1.29 is 0 Å². The Bertz CT molecular complexity index is 447. The molecule has 0 aliphatic heterocycles. The van der Waals surface area contributed by atoms with Gasteiger partial charge in [0.2, 0.25) is 0 Å². The predicted octanol–water partition coefficient (Wildman–Crippen LogP) is 1.23. The van der Waals surface area contributed by atoms with Crippen LogP contribution < -0.4 is 5.32 Å². The van der Waals surface area contributed by atoms with Crippen LogP contribution in [-0.4, -0.2) is 21.7 Å². The third kappa shape index (κ3) is 1.29. The molecule has 3 nitrogen and oxygen atoms in total. The van der Waals surface area contributed by atoms with Crippen LogP contribution in [0.2, 0.25) is 0 Å². The molecular weight excluding hydrogens is 182 g/mol. The molecule has 2 aromatic heterocycles. The van der Waals surface area contributed by atoms with Crippen molar-refractivity contribution in [2.24, 2.45) is 0 Å². The molecule has 2 aromatic rings. The molecule has 4 heteroatoms. The molecule has 0 spiro atoms. The van der Waals surface area contributed by atoms with E-state index >= 15 is 0 Å². The van der Waals surface area contributed by atoms with Gasteiger partial charge in [-0.05, 0) is 12.1 Å². The molecule has 0 bridgehead atoms. The highest BCUT2D eigenvalue weighted by molar-refractivity contribution is 7.80. The summed E-state index contributed by atoms with van der Waals surface area (Å²) >= 11 is 5.14. The third-order valence-electron chi connectivity index (χ3n) is 1.90. The molecular formula is C9H9N3S. The third-order valence-corrected chi connectivity index (χ3v) is 2.32. The number of aromatic nitrogens is 2. The Balaban J connectivity index is 2.64. The lowest BCUT2D eigenvalue weighted by Gasteiger charge is -1.99. The number of pyridine rings is 1. The van der Waals surface area contributed by atoms with E-state index < -0.39 is 0 Å². The van der Waals surface area contributed by atoms with Crippen LogP contribution >= 0.6 is 12.2 Å². The second-order valence-electron chi connectivity index (χ2n) is 2.67. The number of nitrogens with one attached hydrogen (secondary N) is 1. The van der Waals surface area contributed by atoms with Crippen LogP contribution in [-0.2, 0) is 0 Å². The molecule has 0 saturated carbocycles. The summed E-state index contributed by atoms with van der Waals surface area (Å²) in [5.41, 5.74) is 2.00. The fourth-order valence-electron chi connectivity index (χ4n) is 1.24. The standard InChI is InChI=1S/C9H9N3S/c1-10-9(13)7-6-11-12-5-3-2-4-8(7)12/h2-6H,1H3,(H,10,13). The first-order valence-electron chi connectivity index (χ1n) is 3.97. The zero-order valence-corrected chi connectivity index (χ0v) is 8.01. The lowest BCUT2D eigenvalue weighted by Crippen LogP contribution is -2.15. The Hall–Kier alpha value is -1.42. The molecule has 0 radical (unpaired) electrons. The lowest BCUT2D eigenvalue weighted by atomic mass is 10.2. The molecule has 0 unspecified atom stereocenters. The van der Waals surface area contributed by atoms with Crippen molar-refractivity contribution >= 4 is 22.7 Å². The monoisotopic (exact) mass is 191 g/mol. The minimum absolute atomic E-state index is 0.723. The topological polar surface area (TPSA) is 29.3 Å². The molecule has 0 amide bonds. The molecule has 0 fully saturated rings. The number of hydrogen-bond acceptors (Lipinski definition) is 2. The van der Waals surface area contributed by atoms with Gasteiger partial charge in [-0.2, -0.15) is 5.10 Å². The smallest absolute Gasteiger partial charge is 0.110 e. The maximum atomic E-state index is 5.14. The normalized spacial score (nSPS) is 10.2. The Labute approximate surface area is 81.4 Å². The molecule has 0 aliphatic rings. The summed E-state index contributed by atoms with van der Waals surface area (Å²) in [6.07, 6.45) is 3.67. The summed E-state index contributed by atoms with van der Waals surface area (Å²) in [5.74, 6) is 0. The van der Waals surface area contributed by atoms with Gasteiger partial charge in [-0.25, -0.2) is 4.52 Å². The van der Waals surface area contributed by atoms with Gasteiger partial charge in [0.25, 0.3) is 0 Å². The average Bonchev–Trinajstić information content (AvgIpc) is 2.60. The molecule has 66 valence electrons. The molecule has 0 aromatic carbocycles. The van der Waals surface area contributed by atoms with E-state index in [1.807, 2.05) is 31.4 Å². The molecule has 0 aliphatic carbocycles. The Morgan fingerprint density at radius 2 is 2.38 bits per heavy atom. The van der Waals surface area contributed by atoms with Gasteiger partial charge in [0.1, 0.15) is 4.99 Å². The highest BCUT2D eigenvalue weighted by atomic mass is 32.1. The van der Waals surface area contributed by atoms with Crippen molar-refractivity contribution in [2.45, 2.75) is 0 Å². The van der Waals surface area contributed by atoms with E-state index in [0.29, 0.717) is 0 Å². The number of thiocarbonyl (C=S) groups is 1. The maximum absolute atomic E-state index is 5.14. The van der Waals surface area contributed by atoms with Crippen molar-refractivity contribution in [1.82, 2.24) is 14.9 Å². The molecule has 0 atom stereocenters. The first kappa shape index (κ1) is 8.19.